The first kappa shape index (κ1) is 21.2. The molecular weight excluding hydrogens is 354 g/mol. The third-order valence-electron chi connectivity index (χ3n) is 4.87. The summed E-state index contributed by atoms with van der Waals surface area (Å²) < 4.78 is 5.86. The standard InChI is InChI=1S/C22H29N3OS/c1-6-25(5)17(4)14-19-12-16(3)20(13-15(19)2)26-22(27)24-21(23)18-10-8-7-9-11-18/h7-13,17H,6,14H2,1-5H3,(H2,23,24,27)/p+1. The van der Waals surface area contributed by atoms with E-state index >= 15 is 0 Å². The Morgan fingerprint density at radius 2 is 1.85 bits per heavy atom. The molecule has 1 N–H and O–H groups in total. The molecule has 0 radical (unpaired) electrons. The highest BCUT2D eigenvalue weighted by molar-refractivity contribution is 7.77. The fourth-order valence-electron chi connectivity index (χ4n) is 2.85. The third-order valence-corrected chi connectivity index (χ3v) is 5.08. The summed E-state index contributed by atoms with van der Waals surface area (Å²) in [5.74, 6) is 0.908. The van der Waals surface area contributed by atoms with Crippen molar-refractivity contribution in [2.24, 2.45) is 4.99 Å². The largest absolute Gasteiger partial charge is 0.414 e. The lowest BCUT2D eigenvalue weighted by Gasteiger charge is -2.24. The molecule has 0 bridgehead atoms. The van der Waals surface area contributed by atoms with Gasteiger partial charge in [0.05, 0.1) is 12.6 Å². The minimum absolute atomic E-state index is 0.156. The van der Waals surface area contributed by atoms with Crippen LogP contribution in [0.2, 0.25) is 0 Å². The van der Waals surface area contributed by atoms with E-state index in [1.54, 1.807) is 0 Å². The number of hydrogen-bond donors (Lipinski definition) is 1. The van der Waals surface area contributed by atoms with Gasteiger partial charge in [0, 0.05) is 11.6 Å². The number of aryl methyl sites for hydroxylation is 2. The van der Waals surface area contributed by atoms with Gasteiger partial charge in [0.25, 0.3) is 0 Å². The summed E-state index contributed by atoms with van der Waals surface area (Å²) in [5.41, 5.74) is 4.33. The van der Waals surface area contributed by atoms with Gasteiger partial charge >= 0.3 is 5.23 Å². The van der Waals surface area contributed by atoms with Crippen LogP contribution in [0.15, 0.2) is 47.5 Å². The Hall–Kier alpha value is -2.11. The molecule has 0 heterocycles. The van der Waals surface area contributed by atoms with Gasteiger partial charge in [0.2, 0.25) is 0 Å². The Morgan fingerprint density at radius 1 is 1.19 bits per heavy atom. The van der Waals surface area contributed by atoms with Gasteiger partial charge in [-0.05, 0) is 63.5 Å². The number of nitrogens with zero attached hydrogens (tertiary/aromatic N) is 2. The number of rotatable bonds is 6. The smallest absolute Gasteiger partial charge is 0.402 e. The minimum Gasteiger partial charge on any atom is -0.402 e. The molecule has 0 aromatic heterocycles. The first-order chi connectivity index (χ1) is 12.8. The van der Waals surface area contributed by atoms with E-state index in [-0.39, 0.29) is 11.1 Å². The molecule has 5 heteroatoms. The highest BCUT2D eigenvalue weighted by Crippen LogP contribution is 2.24. The topological polar surface area (TPSA) is 48.7 Å². The summed E-state index contributed by atoms with van der Waals surface area (Å²) in [6.07, 6.45) is 1.00. The average Bonchev–Trinajstić information content (AvgIpc) is 2.65. The minimum atomic E-state index is 0.156. The van der Waals surface area contributed by atoms with Crippen LogP contribution in [0.5, 0.6) is 5.75 Å². The predicted octanol–water partition coefficient (Wildman–Crippen LogP) is 3.96. The van der Waals surface area contributed by atoms with Gasteiger partial charge in [-0.25, -0.2) is 0 Å². The van der Waals surface area contributed by atoms with Crippen molar-refractivity contribution in [3.8, 4) is 5.75 Å². The van der Waals surface area contributed by atoms with Gasteiger partial charge in [-0.15, -0.1) is 4.99 Å². The molecule has 0 amide bonds. The molecule has 0 aliphatic heterocycles. The first-order valence-electron chi connectivity index (χ1n) is 9.24. The predicted molar refractivity (Wildman–Crippen MR) is 119 cm³/mol. The lowest BCUT2D eigenvalue weighted by atomic mass is 9.98. The Kier molecular flexibility index (Phi) is 7.63. The summed E-state index contributed by atoms with van der Waals surface area (Å²) in [5, 5.41) is 8.36. The molecule has 4 nitrogen and oxygen atoms in total. The van der Waals surface area contributed by atoms with Crippen LogP contribution in [0, 0.1) is 19.3 Å². The van der Waals surface area contributed by atoms with Crippen LogP contribution in [0.25, 0.3) is 0 Å². The lowest BCUT2D eigenvalue weighted by Crippen LogP contribution is -2.30. The van der Waals surface area contributed by atoms with Gasteiger partial charge < -0.3 is 9.64 Å². The number of aliphatic imine (C=N–C) groups is 1. The number of nitrogens with one attached hydrogen (secondary N) is 1. The van der Waals surface area contributed by atoms with Crippen molar-refractivity contribution >= 4 is 23.7 Å². The molecule has 1 unspecified atom stereocenters. The van der Waals surface area contributed by atoms with E-state index in [1.807, 2.05) is 43.3 Å². The van der Waals surface area contributed by atoms with E-state index in [2.05, 4.69) is 56.4 Å². The van der Waals surface area contributed by atoms with Crippen LogP contribution in [0.3, 0.4) is 0 Å². The molecule has 0 saturated heterocycles. The summed E-state index contributed by atoms with van der Waals surface area (Å²) in [6.45, 7) is 9.61. The first-order valence-corrected chi connectivity index (χ1v) is 9.74. The van der Waals surface area contributed by atoms with E-state index < -0.39 is 0 Å². The van der Waals surface area contributed by atoms with Crippen molar-refractivity contribution in [1.29, 1.82) is 5.41 Å². The molecule has 0 saturated carbocycles. The zero-order valence-corrected chi connectivity index (χ0v) is 17.8. The van der Waals surface area contributed by atoms with E-state index in [9.17, 15) is 0 Å². The van der Waals surface area contributed by atoms with Crippen LogP contribution in [0.1, 0.15) is 36.1 Å². The second-order valence-corrected chi connectivity index (χ2v) is 7.33. The summed E-state index contributed by atoms with van der Waals surface area (Å²) in [7, 11) is 2.15. The van der Waals surface area contributed by atoms with E-state index in [0.29, 0.717) is 6.04 Å². The van der Waals surface area contributed by atoms with Gasteiger partial charge in [0.1, 0.15) is 5.75 Å². The van der Waals surface area contributed by atoms with Crippen molar-refractivity contribution < 1.29 is 4.74 Å². The second-order valence-electron chi connectivity index (χ2n) is 6.90. The molecular formula is C22H30N3OS+. The number of hydrogen-bond acceptors (Lipinski definition) is 3. The third kappa shape index (κ3) is 5.94. The average molecular weight is 385 g/mol. The lowest BCUT2D eigenvalue weighted by molar-refractivity contribution is 0.269. The van der Waals surface area contributed by atoms with Crippen LogP contribution in [-0.2, 0) is 19.0 Å². The normalized spacial score (nSPS) is 12.9. The second kappa shape index (κ2) is 9.72. The number of ether oxygens (including phenoxy) is 1. The van der Waals surface area contributed by atoms with Crippen LogP contribution in [0.4, 0.5) is 0 Å². The van der Waals surface area contributed by atoms with Crippen molar-refractivity contribution in [2.75, 3.05) is 13.6 Å². The summed E-state index contributed by atoms with van der Waals surface area (Å²) in [4.78, 5) is 6.55. The highest BCUT2D eigenvalue weighted by atomic mass is 32.1. The van der Waals surface area contributed by atoms with E-state index in [1.165, 1.54) is 11.1 Å². The van der Waals surface area contributed by atoms with Gasteiger partial charge in [-0.2, -0.15) is 0 Å². The Bertz CT molecular complexity index is 818. The number of benzene rings is 2. The maximum atomic E-state index is 8.09. The van der Waals surface area contributed by atoms with Gasteiger partial charge in [-0.1, -0.05) is 43.3 Å². The molecule has 0 fully saturated rings. The van der Waals surface area contributed by atoms with Crippen LogP contribution in [-0.4, -0.2) is 35.6 Å². The van der Waals surface area contributed by atoms with Crippen molar-refractivity contribution in [1.82, 2.24) is 4.90 Å². The Labute approximate surface area is 168 Å². The molecule has 144 valence electrons. The molecule has 2 aromatic carbocycles. The van der Waals surface area contributed by atoms with Crippen LogP contribution >= 0.6 is 0 Å². The van der Waals surface area contributed by atoms with Crippen molar-refractivity contribution in [2.45, 2.75) is 40.2 Å². The van der Waals surface area contributed by atoms with Crippen LogP contribution < -0.4 is 4.74 Å². The maximum absolute atomic E-state index is 8.09. The number of likely N-dealkylation sites (N-methyl/N-ethyl adjacent to an activating group) is 1. The molecule has 27 heavy (non-hydrogen) atoms. The Balaban J connectivity index is 2.14. The molecule has 1 atom stereocenters. The van der Waals surface area contributed by atoms with Gasteiger partial charge in [-0.3, -0.25) is 5.41 Å². The summed E-state index contributed by atoms with van der Waals surface area (Å²) >= 11 is 3.40. The SMILES string of the molecule is CCN(C)C(C)Cc1cc(C)c(OC([SH2+])=NC(=N)c2ccccc2)cc1C. The zero-order valence-electron chi connectivity index (χ0n) is 16.8. The summed E-state index contributed by atoms with van der Waals surface area (Å²) in [6, 6.07) is 14.1. The van der Waals surface area contributed by atoms with E-state index in [4.69, 9.17) is 10.1 Å². The monoisotopic (exact) mass is 384 g/mol. The van der Waals surface area contributed by atoms with Gasteiger partial charge in [0.15, 0.2) is 5.84 Å². The zero-order chi connectivity index (χ0) is 20.0. The quantitative estimate of drug-likeness (QED) is 0.466. The molecule has 2 aromatic rings. The number of amidine groups is 1. The molecule has 0 aliphatic rings. The maximum Gasteiger partial charge on any atom is 0.414 e. The fourth-order valence-corrected chi connectivity index (χ4v) is 3.08. The molecule has 0 spiro atoms. The van der Waals surface area contributed by atoms with E-state index in [0.717, 1.165) is 29.8 Å². The molecule has 0 aliphatic carbocycles. The fraction of sp³-hybridized carbons (Fsp3) is 0.364. The highest BCUT2D eigenvalue weighted by Gasteiger charge is 2.14. The van der Waals surface area contributed by atoms with Crippen molar-refractivity contribution in [3.05, 3.63) is 64.7 Å². The van der Waals surface area contributed by atoms with Crippen molar-refractivity contribution in [3.63, 3.8) is 0 Å². The Morgan fingerprint density at radius 3 is 2.48 bits per heavy atom. The molecule has 2 rings (SSSR count).